The molecule has 0 atom stereocenters. The summed E-state index contributed by atoms with van der Waals surface area (Å²) in [4.78, 5) is 6.37. The fourth-order valence-electron chi connectivity index (χ4n) is 0.942. The van der Waals surface area contributed by atoms with E-state index in [1.165, 1.54) is 0 Å². The van der Waals surface area contributed by atoms with E-state index >= 15 is 0 Å². The van der Waals surface area contributed by atoms with E-state index < -0.39 is 0 Å². The van der Waals surface area contributed by atoms with Crippen LogP contribution in [0.25, 0.3) is 0 Å². The quantitative estimate of drug-likeness (QED) is 0.679. The summed E-state index contributed by atoms with van der Waals surface area (Å²) in [5, 5.41) is 0. The molecule has 0 bridgehead atoms. The lowest BCUT2D eigenvalue weighted by atomic mass is 10.2. The second kappa shape index (κ2) is 6.38. The molecule has 0 fully saturated rings. The van der Waals surface area contributed by atoms with Crippen LogP contribution in [0.1, 0.15) is 20.8 Å². The maximum absolute atomic E-state index is 5.60. The molecule has 0 saturated carbocycles. The SMILES string of the molecule is C=CN=C(C=C(C)N)CN(C)C(C)C. The van der Waals surface area contributed by atoms with Gasteiger partial charge in [-0.15, -0.1) is 0 Å². The number of rotatable bonds is 5. The highest BCUT2D eigenvalue weighted by Gasteiger charge is 2.05. The molecule has 0 aliphatic carbocycles. The van der Waals surface area contributed by atoms with E-state index in [0.29, 0.717) is 6.04 Å². The normalized spacial score (nSPS) is 13.9. The van der Waals surface area contributed by atoms with Crippen LogP contribution in [0.4, 0.5) is 0 Å². The maximum atomic E-state index is 5.60. The number of nitrogens with zero attached hydrogens (tertiary/aromatic N) is 2. The predicted molar refractivity (Wildman–Crippen MR) is 63.3 cm³/mol. The monoisotopic (exact) mass is 195 g/mol. The van der Waals surface area contributed by atoms with Gasteiger partial charge in [0.1, 0.15) is 0 Å². The minimum atomic E-state index is 0.497. The molecule has 3 heteroatoms. The Bertz CT molecular complexity index is 235. The minimum Gasteiger partial charge on any atom is -0.402 e. The first kappa shape index (κ1) is 12.9. The molecule has 0 aromatic carbocycles. The molecule has 80 valence electrons. The Morgan fingerprint density at radius 3 is 2.50 bits per heavy atom. The average molecular weight is 195 g/mol. The van der Waals surface area contributed by atoms with Crippen molar-refractivity contribution in [3.63, 3.8) is 0 Å². The molecule has 0 heterocycles. The van der Waals surface area contributed by atoms with E-state index in [4.69, 9.17) is 5.73 Å². The van der Waals surface area contributed by atoms with Gasteiger partial charge in [0.15, 0.2) is 0 Å². The van der Waals surface area contributed by atoms with E-state index in [9.17, 15) is 0 Å². The third kappa shape index (κ3) is 5.54. The number of allylic oxidation sites excluding steroid dienone is 1. The molecule has 0 spiro atoms. The largest absolute Gasteiger partial charge is 0.402 e. The van der Waals surface area contributed by atoms with Crippen molar-refractivity contribution in [1.82, 2.24) is 4.90 Å². The van der Waals surface area contributed by atoms with Gasteiger partial charge in [-0.3, -0.25) is 9.89 Å². The molecule has 14 heavy (non-hydrogen) atoms. The lowest BCUT2D eigenvalue weighted by Crippen LogP contribution is -2.31. The lowest BCUT2D eigenvalue weighted by Gasteiger charge is -2.20. The van der Waals surface area contributed by atoms with Crippen LogP contribution in [-0.2, 0) is 0 Å². The summed E-state index contributed by atoms with van der Waals surface area (Å²) in [6, 6.07) is 0.497. The summed E-state index contributed by atoms with van der Waals surface area (Å²) in [5.41, 5.74) is 7.31. The molecular weight excluding hydrogens is 174 g/mol. The van der Waals surface area contributed by atoms with Crippen LogP contribution >= 0.6 is 0 Å². The summed E-state index contributed by atoms with van der Waals surface area (Å²) >= 11 is 0. The Hall–Kier alpha value is -1.09. The summed E-state index contributed by atoms with van der Waals surface area (Å²) in [7, 11) is 2.06. The molecule has 0 radical (unpaired) electrons. The fourth-order valence-corrected chi connectivity index (χ4v) is 0.942. The van der Waals surface area contributed by atoms with Gasteiger partial charge in [0, 0.05) is 24.5 Å². The van der Waals surface area contributed by atoms with E-state index in [1.807, 2.05) is 13.0 Å². The summed E-state index contributed by atoms with van der Waals surface area (Å²) < 4.78 is 0. The Balaban J connectivity index is 4.47. The third-order valence-corrected chi connectivity index (χ3v) is 1.94. The first-order valence-corrected chi connectivity index (χ1v) is 4.79. The Morgan fingerprint density at radius 1 is 1.57 bits per heavy atom. The van der Waals surface area contributed by atoms with Gasteiger partial charge in [-0.2, -0.15) is 0 Å². The van der Waals surface area contributed by atoms with Crippen molar-refractivity contribution < 1.29 is 0 Å². The van der Waals surface area contributed by atoms with Crippen molar-refractivity contribution in [2.45, 2.75) is 26.8 Å². The van der Waals surface area contributed by atoms with E-state index in [-0.39, 0.29) is 0 Å². The number of hydrogen-bond acceptors (Lipinski definition) is 3. The summed E-state index contributed by atoms with van der Waals surface area (Å²) in [6.45, 7) is 10.5. The highest BCUT2D eigenvalue weighted by atomic mass is 15.1. The van der Waals surface area contributed by atoms with Gasteiger partial charge < -0.3 is 5.73 Å². The van der Waals surface area contributed by atoms with E-state index in [1.54, 1.807) is 6.20 Å². The van der Waals surface area contributed by atoms with Crippen LogP contribution in [0, 0.1) is 0 Å². The molecule has 2 N–H and O–H groups in total. The van der Waals surface area contributed by atoms with Gasteiger partial charge in [-0.05, 0) is 33.9 Å². The number of nitrogens with two attached hydrogens (primary N) is 1. The number of aliphatic imine (C=N–C) groups is 1. The van der Waals surface area contributed by atoms with Crippen molar-refractivity contribution in [3.05, 3.63) is 24.6 Å². The molecule has 0 amide bonds. The van der Waals surface area contributed by atoms with E-state index in [0.717, 1.165) is 18.0 Å². The van der Waals surface area contributed by atoms with Crippen molar-refractivity contribution in [2.75, 3.05) is 13.6 Å². The molecule has 0 aliphatic rings. The van der Waals surface area contributed by atoms with Crippen molar-refractivity contribution in [2.24, 2.45) is 10.7 Å². The Kier molecular flexibility index (Phi) is 5.88. The van der Waals surface area contributed by atoms with Crippen molar-refractivity contribution in [3.8, 4) is 0 Å². The zero-order valence-corrected chi connectivity index (χ0v) is 9.62. The van der Waals surface area contributed by atoms with Crippen LogP contribution in [-0.4, -0.2) is 30.2 Å². The first-order valence-electron chi connectivity index (χ1n) is 4.79. The average Bonchev–Trinajstić information content (AvgIpc) is 2.02. The standard InChI is InChI=1S/C11H21N3/c1-6-13-11(7-10(4)12)8-14(5)9(2)3/h6-7,9H,1,8,12H2,2-5H3. The van der Waals surface area contributed by atoms with Crippen LogP contribution in [0.3, 0.4) is 0 Å². The molecule has 3 nitrogen and oxygen atoms in total. The third-order valence-electron chi connectivity index (χ3n) is 1.94. The molecule has 0 aromatic heterocycles. The minimum absolute atomic E-state index is 0.497. The molecule has 0 aliphatic heterocycles. The zero-order valence-electron chi connectivity index (χ0n) is 9.62. The molecular formula is C11H21N3. The Labute approximate surface area is 87.0 Å². The topological polar surface area (TPSA) is 41.6 Å². The molecule has 0 unspecified atom stereocenters. The predicted octanol–water partition coefficient (Wildman–Crippen LogP) is 1.77. The van der Waals surface area contributed by atoms with Crippen molar-refractivity contribution in [1.29, 1.82) is 0 Å². The molecule has 0 saturated heterocycles. The van der Waals surface area contributed by atoms with Crippen LogP contribution in [0.15, 0.2) is 29.5 Å². The molecule has 0 rings (SSSR count). The van der Waals surface area contributed by atoms with Gasteiger partial charge in [-0.1, -0.05) is 6.58 Å². The lowest BCUT2D eigenvalue weighted by molar-refractivity contribution is 0.312. The van der Waals surface area contributed by atoms with Gasteiger partial charge >= 0.3 is 0 Å². The smallest absolute Gasteiger partial charge is 0.0560 e. The number of hydrogen-bond donors (Lipinski definition) is 1. The van der Waals surface area contributed by atoms with Crippen LogP contribution in [0.2, 0.25) is 0 Å². The van der Waals surface area contributed by atoms with Crippen molar-refractivity contribution >= 4 is 5.71 Å². The Morgan fingerprint density at radius 2 is 2.14 bits per heavy atom. The van der Waals surface area contributed by atoms with Crippen LogP contribution < -0.4 is 5.73 Å². The van der Waals surface area contributed by atoms with Gasteiger partial charge in [0.25, 0.3) is 0 Å². The highest BCUT2D eigenvalue weighted by molar-refractivity contribution is 5.97. The second-order valence-corrected chi connectivity index (χ2v) is 3.70. The first-order chi connectivity index (χ1) is 6.47. The molecule has 0 aromatic rings. The van der Waals surface area contributed by atoms with Gasteiger partial charge in [0.05, 0.1) is 5.71 Å². The fraction of sp³-hybridized carbons (Fsp3) is 0.545. The summed E-state index contributed by atoms with van der Waals surface area (Å²) in [6.07, 6.45) is 3.42. The highest BCUT2D eigenvalue weighted by Crippen LogP contribution is 1.97. The zero-order chi connectivity index (χ0) is 11.1. The van der Waals surface area contributed by atoms with E-state index in [2.05, 4.69) is 37.4 Å². The summed E-state index contributed by atoms with van der Waals surface area (Å²) in [5.74, 6) is 0. The second-order valence-electron chi connectivity index (χ2n) is 3.70. The van der Waals surface area contributed by atoms with Gasteiger partial charge in [0.2, 0.25) is 0 Å². The van der Waals surface area contributed by atoms with Crippen LogP contribution in [0.5, 0.6) is 0 Å². The van der Waals surface area contributed by atoms with Gasteiger partial charge in [-0.25, -0.2) is 0 Å². The maximum Gasteiger partial charge on any atom is 0.0560 e.